The molecule has 1 aromatic rings. The maximum absolute atomic E-state index is 13.6. The molecule has 0 radical (unpaired) electrons. The Morgan fingerprint density at radius 1 is 1.18 bits per heavy atom. The minimum Gasteiger partial charge on any atom is -0.334 e. The molecule has 2 atom stereocenters. The number of carbonyl (C=O) groups excluding carboxylic acids is 3. The Morgan fingerprint density at radius 2 is 1.91 bits per heavy atom. The first-order valence-corrected chi connectivity index (χ1v) is 12.5. The van der Waals surface area contributed by atoms with Crippen LogP contribution in [0.4, 0.5) is 4.79 Å². The van der Waals surface area contributed by atoms with E-state index < -0.39 is 12.2 Å². The first-order valence-electron chi connectivity index (χ1n) is 12.5. The Balaban J connectivity index is 1.63. The van der Waals surface area contributed by atoms with Crippen LogP contribution < -0.4 is 5.32 Å². The molecule has 182 valence electrons. The van der Waals surface area contributed by atoms with Crippen molar-refractivity contribution in [2.75, 3.05) is 19.6 Å². The van der Waals surface area contributed by atoms with E-state index in [2.05, 4.69) is 18.2 Å². The van der Waals surface area contributed by atoms with Gasteiger partial charge in [0.25, 0.3) is 0 Å². The summed E-state index contributed by atoms with van der Waals surface area (Å²) in [7, 11) is 0. The van der Waals surface area contributed by atoms with Crippen molar-refractivity contribution in [1.29, 1.82) is 0 Å². The summed E-state index contributed by atoms with van der Waals surface area (Å²) in [6.45, 7) is 2.89. The van der Waals surface area contributed by atoms with Crippen LogP contribution in [0, 0.1) is 12.3 Å². The first kappa shape index (κ1) is 24.1. The number of nitrogens with one attached hydrogen (secondary N) is 1. The van der Waals surface area contributed by atoms with E-state index in [1.54, 1.807) is 14.9 Å². The largest absolute Gasteiger partial charge is 0.334 e. The van der Waals surface area contributed by atoms with Gasteiger partial charge in [0.2, 0.25) is 11.8 Å². The van der Waals surface area contributed by atoms with E-state index >= 15 is 0 Å². The summed E-state index contributed by atoms with van der Waals surface area (Å²) in [5.41, 5.74) is 0.983. The van der Waals surface area contributed by atoms with Crippen molar-refractivity contribution < 1.29 is 14.4 Å². The normalized spacial score (nSPS) is 23.7. The summed E-state index contributed by atoms with van der Waals surface area (Å²) >= 11 is 0. The van der Waals surface area contributed by atoms with E-state index in [-0.39, 0.29) is 37.0 Å². The van der Waals surface area contributed by atoms with Gasteiger partial charge in [-0.15, -0.1) is 6.42 Å². The molecular weight excluding hydrogens is 430 g/mol. The molecule has 3 fully saturated rings. The third-order valence-electron chi connectivity index (χ3n) is 7.14. The molecule has 4 amide bonds. The molecule has 0 aromatic heterocycles. The molecule has 0 spiro atoms. The molecule has 2 saturated heterocycles. The van der Waals surface area contributed by atoms with Gasteiger partial charge >= 0.3 is 6.03 Å². The number of nitrogens with zero attached hydrogens (tertiary/aromatic N) is 4. The van der Waals surface area contributed by atoms with Gasteiger partial charge in [-0.05, 0) is 24.8 Å². The standard InChI is InChI=1S/C26H35N5O3/c1-3-5-15-22-25(33)29(21-13-9-10-14-21)18-23-30(22)24(32)19-28(16-4-2)31(23)26(34)27-17-20-11-7-6-8-12-20/h2,6-8,11-12,21-23H,3,5,9-10,13-19H2,1H3,(H,27,34)/t22-,23-/m0/s1. The van der Waals surface area contributed by atoms with Crippen molar-refractivity contribution in [2.24, 2.45) is 0 Å². The Bertz CT molecular complexity index is 924. The number of carbonyl (C=O) groups is 3. The lowest BCUT2D eigenvalue weighted by Crippen LogP contribution is -2.77. The van der Waals surface area contributed by atoms with Gasteiger partial charge in [-0.2, -0.15) is 5.01 Å². The maximum Gasteiger partial charge on any atom is 0.334 e. The van der Waals surface area contributed by atoms with E-state index in [4.69, 9.17) is 6.42 Å². The summed E-state index contributed by atoms with van der Waals surface area (Å²) < 4.78 is 0. The molecule has 4 rings (SSSR count). The minimum absolute atomic E-state index is 0.0151. The van der Waals surface area contributed by atoms with Gasteiger partial charge in [0.15, 0.2) is 0 Å². The average molecular weight is 466 g/mol. The zero-order valence-electron chi connectivity index (χ0n) is 20.0. The van der Waals surface area contributed by atoms with Crippen molar-refractivity contribution in [3.8, 4) is 12.3 Å². The highest BCUT2D eigenvalue weighted by Gasteiger charge is 2.52. The van der Waals surface area contributed by atoms with Gasteiger partial charge in [0.05, 0.1) is 19.6 Å². The fraction of sp³-hybridized carbons (Fsp3) is 0.577. The quantitative estimate of drug-likeness (QED) is 0.628. The molecule has 1 N–H and O–H groups in total. The van der Waals surface area contributed by atoms with Crippen molar-refractivity contribution in [3.63, 3.8) is 0 Å². The van der Waals surface area contributed by atoms with Crippen LogP contribution in [-0.4, -0.2) is 75.5 Å². The van der Waals surface area contributed by atoms with E-state index in [1.807, 2.05) is 35.2 Å². The molecule has 2 aliphatic heterocycles. The topological polar surface area (TPSA) is 76.2 Å². The third kappa shape index (κ3) is 4.90. The molecule has 1 aliphatic carbocycles. The highest BCUT2D eigenvalue weighted by atomic mass is 16.2. The van der Waals surface area contributed by atoms with E-state index in [0.29, 0.717) is 19.5 Å². The Labute approximate surface area is 202 Å². The number of piperazine rings is 1. The Kier molecular flexibility index (Phi) is 7.73. The highest BCUT2D eigenvalue weighted by Crippen LogP contribution is 2.33. The molecule has 0 unspecified atom stereocenters. The molecule has 1 saturated carbocycles. The van der Waals surface area contributed by atoms with Crippen molar-refractivity contribution in [1.82, 2.24) is 25.1 Å². The van der Waals surface area contributed by atoms with Crippen LogP contribution >= 0.6 is 0 Å². The smallest absolute Gasteiger partial charge is 0.334 e. The van der Waals surface area contributed by atoms with Crippen molar-refractivity contribution in [2.45, 2.75) is 76.7 Å². The third-order valence-corrected chi connectivity index (χ3v) is 7.14. The number of benzene rings is 1. The van der Waals surface area contributed by atoms with Gasteiger partial charge in [-0.1, -0.05) is 68.9 Å². The highest BCUT2D eigenvalue weighted by molar-refractivity contribution is 5.91. The van der Waals surface area contributed by atoms with E-state index in [1.165, 1.54) is 0 Å². The second kappa shape index (κ2) is 10.9. The number of hydrazine groups is 1. The summed E-state index contributed by atoms with van der Waals surface area (Å²) in [4.78, 5) is 44.0. The zero-order valence-corrected chi connectivity index (χ0v) is 20.0. The van der Waals surface area contributed by atoms with Crippen molar-refractivity contribution in [3.05, 3.63) is 35.9 Å². The van der Waals surface area contributed by atoms with Gasteiger partial charge in [-0.3, -0.25) is 9.59 Å². The van der Waals surface area contributed by atoms with Gasteiger partial charge in [0.1, 0.15) is 12.2 Å². The maximum atomic E-state index is 13.6. The number of rotatable bonds is 7. The second-order valence-corrected chi connectivity index (χ2v) is 9.38. The molecule has 8 heteroatoms. The number of hydrogen-bond donors (Lipinski definition) is 1. The second-order valence-electron chi connectivity index (χ2n) is 9.38. The minimum atomic E-state index is -0.564. The molecular formula is C26H35N5O3. The Morgan fingerprint density at radius 3 is 2.59 bits per heavy atom. The molecule has 3 aliphatic rings. The fourth-order valence-corrected chi connectivity index (χ4v) is 5.47. The van der Waals surface area contributed by atoms with Crippen LogP contribution in [0.1, 0.15) is 57.4 Å². The lowest BCUT2D eigenvalue weighted by molar-refractivity contribution is -0.191. The molecule has 0 bridgehead atoms. The molecule has 8 nitrogen and oxygen atoms in total. The summed E-state index contributed by atoms with van der Waals surface area (Å²) in [5.74, 6) is 2.47. The van der Waals surface area contributed by atoms with E-state index in [9.17, 15) is 14.4 Å². The predicted molar refractivity (Wildman–Crippen MR) is 129 cm³/mol. The van der Waals surface area contributed by atoms with Crippen LogP contribution in [0.15, 0.2) is 30.3 Å². The van der Waals surface area contributed by atoms with Gasteiger partial charge in [-0.25, -0.2) is 9.80 Å². The van der Waals surface area contributed by atoms with Crippen LogP contribution in [0.5, 0.6) is 0 Å². The van der Waals surface area contributed by atoms with Crippen LogP contribution in [0.2, 0.25) is 0 Å². The van der Waals surface area contributed by atoms with Crippen LogP contribution in [-0.2, 0) is 16.1 Å². The van der Waals surface area contributed by atoms with Crippen molar-refractivity contribution >= 4 is 17.8 Å². The lowest BCUT2D eigenvalue weighted by Gasteiger charge is -2.55. The number of unbranched alkanes of at least 4 members (excludes halogenated alkanes) is 1. The van der Waals surface area contributed by atoms with Crippen LogP contribution in [0.3, 0.4) is 0 Å². The number of urea groups is 1. The molecule has 2 heterocycles. The van der Waals surface area contributed by atoms with Crippen LogP contribution in [0.25, 0.3) is 0 Å². The number of terminal acetylenes is 1. The molecule has 1 aromatic carbocycles. The number of hydrogen-bond acceptors (Lipinski definition) is 4. The number of fused-ring (bicyclic) bond motifs is 1. The first-order chi connectivity index (χ1) is 16.5. The summed E-state index contributed by atoms with van der Waals surface area (Å²) in [6.07, 6.45) is 11.6. The van der Waals surface area contributed by atoms with Gasteiger partial charge in [0, 0.05) is 12.6 Å². The Hall–Kier alpha value is -3.05. The average Bonchev–Trinajstić information content (AvgIpc) is 3.37. The number of amides is 4. The monoisotopic (exact) mass is 465 g/mol. The SMILES string of the molecule is C#CCN1CC(=O)N2[C@@H](CCCC)C(=O)N(C3CCCC3)C[C@@H]2N1C(=O)NCc1ccccc1. The summed E-state index contributed by atoms with van der Waals surface area (Å²) in [5, 5.41) is 6.23. The predicted octanol–water partition coefficient (Wildman–Crippen LogP) is 2.56. The summed E-state index contributed by atoms with van der Waals surface area (Å²) in [6, 6.07) is 9.02. The van der Waals surface area contributed by atoms with Gasteiger partial charge < -0.3 is 15.1 Å². The van der Waals surface area contributed by atoms with E-state index in [0.717, 1.165) is 44.1 Å². The zero-order chi connectivity index (χ0) is 24.1. The fourth-order valence-electron chi connectivity index (χ4n) is 5.47. The molecule has 34 heavy (non-hydrogen) atoms. The lowest BCUT2D eigenvalue weighted by atomic mass is 9.99.